The molecule has 0 spiro atoms. The van der Waals surface area contributed by atoms with Gasteiger partial charge in [-0.15, -0.1) is 0 Å². The second-order valence-electron chi connectivity index (χ2n) is 12.1. The Morgan fingerprint density at radius 3 is 2.57 bits per heavy atom. The number of nitrogens with two attached hydrogens (primary N) is 1. The Hall–Kier alpha value is -4.42. The van der Waals surface area contributed by atoms with Crippen molar-refractivity contribution in [2.75, 3.05) is 29.7 Å². The number of hydrogen-bond donors (Lipinski definition) is 3. The van der Waals surface area contributed by atoms with E-state index in [1.807, 2.05) is 17.0 Å². The van der Waals surface area contributed by atoms with Gasteiger partial charge in [0, 0.05) is 43.3 Å². The Morgan fingerprint density at radius 2 is 1.80 bits per heavy atom. The van der Waals surface area contributed by atoms with Crippen LogP contribution in [0.25, 0.3) is 0 Å². The number of hydrogen-bond acceptors (Lipinski definition) is 7. The molecule has 3 aliphatic rings. The lowest BCUT2D eigenvalue weighted by Gasteiger charge is -2.29. The van der Waals surface area contributed by atoms with Gasteiger partial charge in [-0.3, -0.25) is 19.1 Å². The molecule has 6 rings (SSSR count). The van der Waals surface area contributed by atoms with Gasteiger partial charge in [0.15, 0.2) is 6.61 Å². The molecule has 0 bridgehead atoms. The molecule has 242 valence electrons. The van der Waals surface area contributed by atoms with E-state index in [-0.39, 0.29) is 35.3 Å². The van der Waals surface area contributed by atoms with Crippen LogP contribution >= 0.6 is 0 Å². The molecule has 0 radical (unpaired) electrons. The van der Waals surface area contributed by atoms with Gasteiger partial charge in [0.1, 0.15) is 5.75 Å². The van der Waals surface area contributed by atoms with Crippen LogP contribution in [0.4, 0.5) is 11.4 Å². The van der Waals surface area contributed by atoms with Gasteiger partial charge in [-0.1, -0.05) is 24.6 Å². The minimum Gasteiger partial charge on any atom is -0.482 e. The van der Waals surface area contributed by atoms with E-state index in [1.165, 1.54) is 0 Å². The molecule has 46 heavy (non-hydrogen) atoms. The highest BCUT2D eigenvalue weighted by Crippen LogP contribution is 2.33. The van der Waals surface area contributed by atoms with Crippen molar-refractivity contribution in [3.8, 4) is 5.75 Å². The van der Waals surface area contributed by atoms with Crippen molar-refractivity contribution in [3.05, 3.63) is 82.9 Å². The van der Waals surface area contributed by atoms with Crippen molar-refractivity contribution in [2.24, 2.45) is 5.73 Å². The summed E-state index contributed by atoms with van der Waals surface area (Å²) in [6.45, 7) is 2.02. The Bertz CT molecular complexity index is 1740. The lowest BCUT2D eigenvalue weighted by molar-refractivity contribution is -0.132. The zero-order valence-electron chi connectivity index (χ0n) is 25.7. The topological polar surface area (TPSA) is 151 Å². The van der Waals surface area contributed by atoms with Crippen LogP contribution in [0.2, 0.25) is 0 Å². The summed E-state index contributed by atoms with van der Waals surface area (Å²) in [4.78, 5) is 41.5. The highest BCUT2D eigenvalue weighted by atomic mass is 32.2. The zero-order chi connectivity index (χ0) is 32.3. The summed E-state index contributed by atoms with van der Waals surface area (Å²) >= 11 is 0. The standard InChI is InChI=1S/C34H39N5O6S/c35-16-3-1-2-4-33(41)38-17-15-24-18-27(9-7-26(24)21-38)37-46(43,44)29-12-5-23(6-13-29)20-39(28-10-11-28)34(42)25-8-14-30-31(19-25)45-22-32(40)36-30/h5-9,12-14,18-19,28,37H,1-4,10-11,15-17,20-22,35H2,(H,36,40). The van der Waals surface area contributed by atoms with Gasteiger partial charge in [0.25, 0.3) is 21.8 Å². The minimum atomic E-state index is -3.85. The predicted octanol–water partition coefficient (Wildman–Crippen LogP) is 4.03. The maximum atomic E-state index is 13.5. The molecule has 1 fully saturated rings. The summed E-state index contributed by atoms with van der Waals surface area (Å²) in [5.41, 5.74) is 9.89. The number of anilines is 2. The summed E-state index contributed by atoms with van der Waals surface area (Å²) < 4.78 is 34.7. The molecule has 3 aromatic carbocycles. The molecule has 4 N–H and O–H groups in total. The highest BCUT2D eigenvalue weighted by Gasteiger charge is 2.34. The Balaban J connectivity index is 1.08. The minimum absolute atomic E-state index is 0.0922. The number of fused-ring (bicyclic) bond motifs is 2. The Labute approximate surface area is 269 Å². The quantitative estimate of drug-likeness (QED) is 0.252. The van der Waals surface area contributed by atoms with E-state index in [9.17, 15) is 22.8 Å². The van der Waals surface area contributed by atoms with Gasteiger partial charge in [-0.2, -0.15) is 0 Å². The van der Waals surface area contributed by atoms with Gasteiger partial charge in [-0.05, 0) is 97.8 Å². The van der Waals surface area contributed by atoms with Crippen LogP contribution in [0, 0.1) is 0 Å². The smallest absolute Gasteiger partial charge is 0.262 e. The molecule has 3 amide bonds. The SMILES string of the molecule is NCCCCCC(=O)N1CCc2cc(NS(=O)(=O)c3ccc(CN(C(=O)c4ccc5c(c4)OCC(=O)N5)C4CC4)cc3)ccc2C1. The number of nitrogens with one attached hydrogen (secondary N) is 2. The summed E-state index contributed by atoms with van der Waals surface area (Å²) in [6, 6.07) is 17.2. The first-order valence-electron chi connectivity index (χ1n) is 15.8. The summed E-state index contributed by atoms with van der Waals surface area (Å²) in [7, 11) is -3.85. The van der Waals surface area contributed by atoms with Crippen LogP contribution in [-0.2, 0) is 39.1 Å². The number of ether oxygens (including phenoxy) is 1. The maximum Gasteiger partial charge on any atom is 0.262 e. The van der Waals surface area contributed by atoms with Crippen molar-refractivity contribution in [2.45, 2.75) is 69.0 Å². The third kappa shape index (κ3) is 7.34. The van der Waals surface area contributed by atoms with Crippen molar-refractivity contribution in [3.63, 3.8) is 0 Å². The molecule has 0 atom stereocenters. The third-order valence-electron chi connectivity index (χ3n) is 8.61. The lowest BCUT2D eigenvalue weighted by atomic mass is 9.98. The van der Waals surface area contributed by atoms with E-state index >= 15 is 0 Å². The van der Waals surface area contributed by atoms with Gasteiger partial charge >= 0.3 is 0 Å². The van der Waals surface area contributed by atoms with E-state index in [0.717, 1.165) is 48.8 Å². The van der Waals surface area contributed by atoms with Crippen LogP contribution in [0.5, 0.6) is 5.75 Å². The van der Waals surface area contributed by atoms with Crippen LogP contribution < -0.4 is 20.5 Å². The fourth-order valence-electron chi connectivity index (χ4n) is 5.90. The van der Waals surface area contributed by atoms with Crippen LogP contribution in [0.15, 0.2) is 65.6 Å². The van der Waals surface area contributed by atoms with Crippen LogP contribution in [0.1, 0.15) is 65.6 Å². The Morgan fingerprint density at radius 1 is 1.00 bits per heavy atom. The largest absolute Gasteiger partial charge is 0.482 e. The molecular formula is C34H39N5O6S. The fourth-order valence-corrected chi connectivity index (χ4v) is 6.95. The first-order valence-corrected chi connectivity index (χ1v) is 17.3. The number of carbonyl (C=O) groups excluding carboxylic acids is 3. The van der Waals surface area contributed by atoms with Crippen molar-refractivity contribution < 1.29 is 27.5 Å². The normalized spacial score (nSPS) is 15.7. The second-order valence-corrected chi connectivity index (χ2v) is 13.8. The van der Waals surface area contributed by atoms with E-state index in [0.29, 0.717) is 61.7 Å². The van der Waals surface area contributed by atoms with Crippen molar-refractivity contribution >= 4 is 39.1 Å². The average molecular weight is 646 g/mol. The monoisotopic (exact) mass is 645 g/mol. The average Bonchev–Trinajstić information content (AvgIpc) is 3.90. The first-order chi connectivity index (χ1) is 22.2. The number of sulfonamides is 1. The number of rotatable bonds is 12. The van der Waals surface area contributed by atoms with E-state index < -0.39 is 10.0 Å². The second kappa shape index (κ2) is 13.5. The van der Waals surface area contributed by atoms with Crippen molar-refractivity contribution in [1.82, 2.24) is 9.80 Å². The molecule has 0 aromatic heterocycles. The fraction of sp³-hybridized carbons (Fsp3) is 0.382. The highest BCUT2D eigenvalue weighted by molar-refractivity contribution is 7.92. The number of benzene rings is 3. The molecule has 2 aliphatic heterocycles. The van der Waals surface area contributed by atoms with Crippen LogP contribution in [-0.4, -0.2) is 61.7 Å². The molecule has 1 saturated carbocycles. The van der Waals surface area contributed by atoms with Crippen LogP contribution in [0.3, 0.4) is 0 Å². The summed E-state index contributed by atoms with van der Waals surface area (Å²) in [5.74, 6) is 0.223. The molecule has 3 aromatic rings. The van der Waals surface area contributed by atoms with Gasteiger partial charge in [0.2, 0.25) is 5.91 Å². The van der Waals surface area contributed by atoms with E-state index in [4.69, 9.17) is 10.5 Å². The number of nitrogens with zero attached hydrogens (tertiary/aromatic N) is 2. The van der Waals surface area contributed by atoms with E-state index in [1.54, 1.807) is 53.4 Å². The first kappa shape index (κ1) is 31.6. The number of unbranched alkanes of at least 4 members (excludes halogenated alkanes) is 2. The van der Waals surface area contributed by atoms with E-state index in [2.05, 4.69) is 10.0 Å². The number of carbonyl (C=O) groups is 3. The summed E-state index contributed by atoms with van der Waals surface area (Å²) in [5, 5.41) is 2.73. The maximum absolute atomic E-state index is 13.5. The molecule has 1 aliphatic carbocycles. The molecule has 2 heterocycles. The summed E-state index contributed by atoms with van der Waals surface area (Å²) in [6.07, 6.45) is 5.72. The molecule has 11 nitrogen and oxygen atoms in total. The molecule has 0 saturated heterocycles. The third-order valence-corrected chi connectivity index (χ3v) is 10.0. The molecule has 12 heteroatoms. The molecule has 0 unspecified atom stereocenters. The predicted molar refractivity (Wildman–Crippen MR) is 174 cm³/mol. The van der Waals surface area contributed by atoms with Gasteiger partial charge < -0.3 is 25.6 Å². The number of amides is 3. The zero-order valence-corrected chi connectivity index (χ0v) is 26.5. The molecular weight excluding hydrogens is 606 g/mol. The lowest BCUT2D eigenvalue weighted by Crippen LogP contribution is -2.35. The Kier molecular flexibility index (Phi) is 9.27. The van der Waals surface area contributed by atoms with Gasteiger partial charge in [-0.25, -0.2) is 8.42 Å². The van der Waals surface area contributed by atoms with Gasteiger partial charge in [0.05, 0.1) is 10.6 Å². The van der Waals surface area contributed by atoms with Crippen molar-refractivity contribution in [1.29, 1.82) is 0 Å².